The number of ether oxygens (including phenoxy) is 2. The van der Waals surface area contributed by atoms with Gasteiger partial charge >= 0.3 is 5.97 Å². The van der Waals surface area contributed by atoms with Crippen LogP contribution >= 0.6 is 11.8 Å². The Morgan fingerprint density at radius 2 is 1.89 bits per heavy atom. The van der Waals surface area contributed by atoms with Gasteiger partial charge in [0.15, 0.2) is 6.04 Å². The monoisotopic (exact) mass is 505 g/mol. The van der Waals surface area contributed by atoms with Gasteiger partial charge in [-0.1, -0.05) is 42.1 Å². The Kier molecular flexibility index (Phi) is 8.77. The van der Waals surface area contributed by atoms with Crippen LogP contribution in [-0.4, -0.2) is 101 Å². The van der Waals surface area contributed by atoms with Crippen LogP contribution in [0, 0.1) is 0 Å². The smallest absolute Gasteiger partial charge is 0.328 e. The van der Waals surface area contributed by atoms with Gasteiger partial charge in [-0.25, -0.2) is 4.79 Å². The van der Waals surface area contributed by atoms with Gasteiger partial charge < -0.3 is 19.9 Å². The first kappa shape index (κ1) is 25.6. The summed E-state index contributed by atoms with van der Waals surface area (Å²) in [6.45, 7) is 2.66. The molecule has 0 saturated carbocycles. The number of thioether (sulfide) groups is 1. The van der Waals surface area contributed by atoms with Crippen LogP contribution < -0.4 is 5.32 Å². The Labute approximate surface area is 208 Å². The molecule has 0 unspecified atom stereocenters. The molecule has 0 radical (unpaired) electrons. The number of nitrogens with one attached hydrogen (secondary N) is 1. The second-order valence-corrected chi connectivity index (χ2v) is 10.2. The Balaban J connectivity index is 1.45. The topological polar surface area (TPSA) is 125 Å². The number of nitrogens with zero attached hydrogens (tertiary/aromatic N) is 2. The van der Waals surface area contributed by atoms with Crippen molar-refractivity contribution in [1.29, 1.82) is 0 Å². The molecule has 1 aromatic rings. The fraction of sp³-hybridized carbons (Fsp3) is 0.583. The van der Waals surface area contributed by atoms with Crippen molar-refractivity contribution in [3.05, 3.63) is 35.9 Å². The van der Waals surface area contributed by atoms with E-state index in [1.165, 1.54) is 4.90 Å². The van der Waals surface area contributed by atoms with Gasteiger partial charge in [-0.15, -0.1) is 0 Å². The highest BCUT2D eigenvalue weighted by Gasteiger charge is 2.46. The molecule has 0 aliphatic carbocycles. The molecule has 2 amide bonds. The fourth-order valence-corrected chi connectivity index (χ4v) is 5.65. The number of morpholine rings is 1. The quantitative estimate of drug-likeness (QED) is 0.519. The molecule has 11 heteroatoms. The van der Waals surface area contributed by atoms with Crippen LogP contribution in [0.3, 0.4) is 0 Å². The molecular weight excluding hydrogens is 474 g/mol. The predicted octanol–water partition coefficient (Wildman–Crippen LogP) is 0.497. The first-order valence-electron chi connectivity index (χ1n) is 11.9. The molecule has 2 N–H and O–H groups in total. The van der Waals surface area contributed by atoms with Gasteiger partial charge in [-0.2, -0.15) is 0 Å². The van der Waals surface area contributed by atoms with Crippen LogP contribution in [0.15, 0.2) is 30.3 Å². The molecule has 4 atom stereocenters. The fourth-order valence-electron chi connectivity index (χ4n) is 4.62. The number of amides is 2. The molecule has 0 aromatic heterocycles. The van der Waals surface area contributed by atoms with Crippen molar-refractivity contribution in [3.8, 4) is 0 Å². The number of benzene rings is 1. The molecule has 3 heterocycles. The van der Waals surface area contributed by atoms with E-state index in [0.717, 1.165) is 17.3 Å². The van der Waals surface area contributed by atoms with E-state index in [0.29, 0.717) is 52.0 Å². The van der Waals surface area contributed by atoms with E-state index in [1.54, 1.807) is 0 Å². The number of carbonyl (C=O) groups excluding carboxylic acids is 3. The lowest BCUT2D eigenvalue weighted by atomic mass is 10.1. The van der Waals surface area contributed by atoms with E-state index in [1.807, 2.05) is 35.2 Å². The van der Waals surface area contributed by atoms with E-state index < -0.39 is 41.3 Å². The lowest BCUT2D eigenvalue weighted by molar-refractivity contribution is -0.151. The summed E-state index contributed by atoms with van der Waals surface area (Å²) >= 11 is 0.984. The summed E-state index contributed by atoms with van der Waals surface area (Å²) in [7, 11) is 0. The Hall–Kier alpha value is -2.47. The predicted molar refractivity (Wildman–Crippen MR) is 128 cm³/mol. The van der Waals surface area contributed by atoms with Crippen LogP contribution in [0.1, 0.15) is 24.8 Å². The summed E-state index contributed by atoms with van der Waals surface area (Å²) in [5.74, 6) is -1.98. The van der Waals surface area contributed by atoms with Crippen LogP contribution in [0.25, 0.3) is 0 Å². The molecule has 3 fully saturated rings. The molecule has 190 valence electrons. The summed E-state index contributed by atoms with van der Waals surface area (Å²) in [5.41, 5.74) is 0.908. The molecule has 0 spiro atoms. The largest absolute Gasteiger partial charge is 0.480 e. The van der Waals surface area contributed by atoms with E-state index in [2.05, 4.69) is 5.32 Å². The Morgan fingerprint density at radius 1 is 1.14 bits per heavy atom. The van der Waals surface area contributed by atoms with Gasteiger partial charge in [0.2, 0.25) is 16.9 Å². The zero-order valence-electron chi connectivity index (χ0n) is 19.5. The number of fused-ring (bicyclic) bond motifs is 1. The third-order valence-corrected chi connectivity index (χ3v) is 7.53. The van der Waals surface area contributed by atoms with Gasteiger partial charge in [0.1, 0.15) is 12.3 Å². The highest BCUT2D eigenvalue weighted by atomic mass is 32.2. The second-order valence-electron chi connectivity index (χ2n) is 8.94. The van der Waals surface area contributed by atoms with Gasteiger partial charge in [0, 0.05) is 13.1 Å². The maximum Gasteiger partial charge on any atom is 0.328 e. The van der Waals surface area contributed by atoms with Crippen molar-refractivity contribution in [2.45, 2.75) is 49.2 Å². The van der Waals surface area contributed by atoms with Crippen molar-refractivity contribution in [1.82, 2.24) is 15.1 Å². The highest BCUT2D eigenvalue weighted by Crippen LogP contribution is 2.28. The molecule has 10 nitrogen and oxygen atoms in total. The number of carboxylic acid groups (broad SMARTS) is 1. The minimum absolute atomic E-state index is 0.0606. The van der Waals surface area contributed by atoms with E-state index >= 15 is 0 Å². The van der Waals surface area contributed by atoms with Crippen molar-refractivity contribution in [3.63, 3.8) is 0 Å². The van der Waals surface area contributed by atoms with Gasteiger partial charge in [-0.3, -0.25) is 24.2 Å². The molecule has 3 aliphatic heterocycles. The molecule has 1 aromatic carbocycles. The van der Waals surface area contributed by atoms with Crippen molar-refractivity contribution < 1.29 is 33.8 Å². The van der Waals surface area contributed by atoms with Crippen LogP contribution in [-0.2, 0) is 35.1 Å². The standard InChI is InChI=1S/C24H31N3O7S/c28-21(14-26-9-11-33-12-10-26)35-19(13-16-5-2-1-3-6-16)22(29)25-17-7-4-8-20-27(23(17)30)18(15-34-20)24(31)32/h1-3,5-6,17-20H,4,7-15H2,(H,25,29)(H,31,32)/t17-,18-,19+,20-/m1/s1. The van der Waals surface area contributed by atoms with Crippen LogP contribution in [0.2, 0.25) is 0 Å². The normalized spacial score (nSPS) is 26.0. The molecule has 3 saturated heterocycles. The maximum atomic E-state index is 13.4. The van der Waals surface area contributed by atoms with Gasteiger partial charge in [0.25, 0.3) is 0 Å². The molecule has 0 bridgehead atoms. The zero-order chi connectivity index (χ0) is 24.8. The second kappa shape index (κ2) is 12.0. The maximum absolute atomic E-state index is 13.4. The van der Waals surface area contributed by atoms with E-state index in [9.17, 15) is 24.3 Å². The summed E-state index contributed by atoms with van der Waals surface area (Å²) < 4.78 is 10.9. The third kappa shape index (κ3) is 6.60. The summed E-state index contributed by atoms with van der Waals surface area (Å²) in [5, 5.41) is 11.5. The minimum Gasteiger partial charge on any atom is -0.480 e. The number of rotatable bonds is 8. The molecule has 4 rings (SSSR count). The summed E-state index contributed by atoms with van der Waals surface area (Å²) in [6, 6.07) is 7.51. The minimum atomic E-state index is -1.13. The number of hydrogen-bond acceptors (Lipinski definition) is 8. The third-order valence-electron chi connectivity index (χ3n) is 6.48. The number of carboxylic acids is 1. The lowest BCUT2D eigenvalue weighted by Crippen LogP contribution is -2.54. The lowest BCUT2D eigenvalue weighted by Gasteiger charge is -2.28. The number of aliphatic carboxylic acids is 1. The van der Waals surface area contributed by atoms with Crippen LogP contribution in [0.4, 0.5) is 0 Å². The van der Waals surface area contributed by atoms with Crippen molar-refractivity contribution in [2.75, 3.05) is 39.5 Å². The van der Waals surface area contributed by atoms with Crippen molar-refractivity contribution in [2.24, 2.45) is 0 Å². The first-order chi connectivity index (χ1) is 16.9. The Morgan fingerprint density at radius 3 is 2.60 bits per heavy atom. The highest BCUT2D eigenvalue weighted by molar-refractivity contribution is 8.14. The Bertz CT molecular complexity index is 925. The zero-order valence-corrected chi connectivity index (χ0v) is 20.3. The summed E-state index contributed by atoms with van der Waals surface area (Å²) in [4.78, 5) is 54.3. The number of hydrogen-bond donors (Lipinski definition) is 2. The van der Waals surface area contributed by atoms with Gasteiger partial charge in [-0.05, 0) is 31.2 Å². The average Bonchev–Trinajstić information content (AvgIpc) is 3.21. The van der Waals surface area contributed by atoms with Gasteiger partial charge in [0.05, 0.1) is 31.6 Å². The van der Waals surface area contributed by atoms with Crippen LogP contribution in [0.5, 0.6) is 0 Å². The van der Waals surface area contributed by atoms with Crippen molar-refractivity contribution >= 4 is 34.7 Å². The SMILES string of the molecule is O=C(CN1CCOCC1)S[C@@H](Cc1ccccc1)C(=O)N[C@@H]1CCC[C@H]2OC[C@H](C(=O)O)N2C1=O. The molecule has 35 heavy (non-hydrogen) atoms. The summed E-state index contributed by atoms with van der Waals surface area (Å²) in [6.07, 6.45) is 1.26. The first-order valence-corrected chi connectivity index (χ1v) is 12.8. The van der Waals surface area contributed by atoms with E-state index in [4.69, 9.17) is 9.47 Å². The average molecular weight is 506 g/mol. The molecular formula is C24H31N3O7S. The number of carbonyl (C=O) groups is 4. The molecule has 3 aliphatic rings. The van der Waals surface area contributed by atoms with E-state index in [-0.39, 0.29) is 18.3 Å².